The van der Waals surface area contributed by atoms with E-state index in [2.05, 4.69) is 5.32 Å². The van der Waals surface area contributed by atoms with Crippen molar-refractivity contribution in [2.45, 2.75) is 45.1 Å². The monoisotopic (exact) mass is 325 g/mol. The number of amides is 1. The summed E-state index contributed by atoms with van der Waals surface area (Å²) in [7, 11) is 0. The van der Waals surface area contributed by atoms with E-state index in [9.17, 15) is 18.4 Å². The number of nitrogens with one attached hydrogen (secondary N) is 1. The first-order chi connectivity index (χ1) is 10.9. The Bertz CT molecular complexity index is 591. The first-order valence-corrected chi connectivity index (χ1v) is 7.90. The Labute approximate surface area is 133 Å². The highest BCUT2D eigenvalue weighted by Crippen LogP contribution is 2.32. The van der Waals surface area contributed by atoms with Crippen LogP contribution in [0.5, 0.6) is 0 Å². The van der Waals surface area contributed by atoms with Crippen LogP contribution in [-0.2, 0) is 9.59 Å². The van der Waals surface area contributed by atoms with E-state index in [0.717, 1.165) is 12.5 Å². The lowest BCUT2D eigenvalue weighted by Crippen LogP contribution is -2.33. The molecule has 1 amide bonds. The van der Waals surface area contributed by atoms with Gasteiger partial charge >= 0.3 is 5.97 Å². The third-order valence-electron chi connectivity index (χ3n) is 4.38. The Morgan fingerprint density at radius 2 is 2.00 bits per heavy atom. The Balaban J connectivity index is 2.07. The van der Waals surface area contributed by atoms with Crippen molar-refractivity contribution in [3.05, 3.63) is 35.4 Å². The molecule has 0 aromatic heterocycles. The van der Waals surface area contributed by atoms with E-state index < -0.39 is 29.6 Å². The number of carbonyl (C=O) groups excluding carboxylic acids is 1. The lowest BCUT2D eigenvalue weighted by Gasteiger charge is -2.21. The molecule has 0 bridgehead atoms. The highest BCUT2D eigenvalue weighted by atomic mass is 19.1. The molecule has 1 saturated carbocycles. The van der Waals surface area contributed by atoms with Crippen molar-refractivity contribution >= 4 is 11.9 Å². The van der Waals surface area contributed by atoms with Crippen LogP contribution in [0.15, 0.2) is 18.2 Å². The van der Waals surface area contributed by atoms with Crippen LogP contribution < -0.4 is 5.32 Å². The summed E-state index contributed by atoms with van der Waals surface area (Å²) < 4.78 is 27.0. The van der Waals surface area contributed by atoms with Crippen molar-refractivity contribution < 1.29 is 23.5 Å². The Kier molecular flexibility index (Phi) is 5.69. The molecule has 0 heterocycles. The molecule has 6 heteroatoms. The molecule has 1 aliphatic rings. The van der Waals surface area contributed by atoms with Crippen molar-refractivity contribution in [3.63, 3.8) is 0 Å². The van der Waals surface area contributed by atoms with Crippen molar-refractivity contribution in [2.75, 3.05) is 0 Å². The molecule has 1 aliphatic carbocycles. The van der Waals surface area contributed by atoms with Gasteiger partial charge in [0.15, 0.2) is 0 Å². The van der Waals surface area contributed by atoms with Gasteiger partial charge in [0.05, 0.1) is 12.0 Å². The zero-order chi connectivity index (χ0) is 17.0. The maximum atomic E-state index is 14.0. The van der Waals surface area contributed by atoms with Gasteiger partial charge in [-0.05, 0) is 31.7 Å². The minimum Gasteiger partial charge on any atom is -0.481 e. The van der Waals surface area contributed by atoms with E-state index >= 15 is 0 Å². The maximum Gasteiger partial charge on any atom is 0.306 e. The standard InChI is InChI=1S/C17H21F2NO3/c1-2-3-15(13-7-6-12(18)9-14(13)19)20-16(21)10-4-5-11(8-10)17(22)23/h6-7,9-11,15H,2-5,8H2,1H3,(H,20,21)(H,22,23)/t10-,11+,15?/m1/s1. The SMILES string of the molecule is CCCC(NC(=O)[C@@H]1CC[C@H](C(=O)O)C1)c1ccc(F)cc1F. The van der Waals surface area contributed by atoms with Crippen molar-refractivity contribution in [1.29, 1.82) is 0 Å². The topological polar surface area (TPSA) is 66.4 Å². The molecule has 126 valence electrons. The van der Waals surface area contributed by atoms with E-state index in [1.807, 2.05) is 6.92 Å². The number of carboxylic acids is 1. The Hall–Kier alpha value is -1.98. The van der Waals surface area contributed by atoms with Gasteiger partial charge in [-0.2, -0.15) is 0 Å². The zero-order valence-corrected chi connectivity index (χ0v) is 13.0. The molecule has 2 rings (SSSR count). The largest absolute Gasteiger partial charge is 0.481 e. The van der Waals surface area contributed by atoms with Gasteiger partial charge in [0.2, 0.25) is 5.91 Å². The van der Waals surface area contributed by atoms with Crippen molar-refractivity contribution in [2.24, 2.45) is 11.8 Å². The number of benzene rings is 1. The normalized spacial score (nSPS) is 21.9. The molecule has 1 unspecified atom stereocenters. The van der Waals surface area contributed by atoms with E-state index in [1.165, 1.54) is 12.1 Å². The summed E-state index contributed by atoms with van der Waals surface area (Å²) in [5.41, 5.74) is 0.259. The average Bonchev–Trinajstić information content (AvgIpc) is 2.97. The van der Waals surface area contributed by atoms with Gasteiger partial charge in [0, 0.05) is 17.5 Å². The van der Waals surface area contributed by atoms with Crippen LogP contribution in [0.1, 0.15) is 50.6 Å². The fraction of sp³-hybridized carbons (Fsp3) is 0.529. The second-order valence-electron chi connectivity index (χ2n) is 6.06. The predicted molar refractivity (Wildman–Crippen MR) is 80.6 cm³/mol. The first-order valence-electron chi connectivity index (χ1n) is 7.90. The summed E-state index contributed by atoms with van der Waals surface area (Å²) in [6.45, 7) is 1.91. The van der Waals surface area contributed by atoms with Crippen LogP contribution >= 0.6 is 0 Å². The van der Waals surface area contributed by atoms with E-state index in [0.29, 0.717) is 25.7 Å². The maximum absolute atomic E-state index is 14.0. The minimum atomic E-state index is -0.880. The van der Waals surface area contributed by atoms with Crippen molar-refractivity contribution in [3.8, 4) is 0 Å². The average molecular weight is 325 g/mol. The summed E-state index contributed by atoms with van der Waals surface area (Å²) in [6, 6.07) is 2.79. The second-order valence-corrected chi connectivity index (χ2v) is 6.06. The van der Waals surface area contributed by atoms with Crippen LogP contribution in [0.25, 0.3) is 0 Å². The molecule has 2 N–H and O–H groups in total. The molecule has 1 aromatic rings. The quantitative estimate of drug-likeness (QED) is 0.842. The van der Waals surface area contributed by atoms with Crippen LogP contribution in [0.4, 0.5) is 8.78 Å². The summed E-state index contributed by atoms with van der Waals surface area (Å²) in [5.74, 6) is -3.32. The van der Waals surface area contributed by atoms with E-state index in [-0.39, 0.29) is 17.4 Å². The third kappa shape index (κ3) is 4.27. The van der Waals surface area contributed by atoms with Gasteiger partial charge in [0.25, 0.3) is 0 Å². The van der Waals surface area contributed by atoms with Gasteiger partial charge < -0.3 is 10.4 Å². The van der Waals surface area contributed by atoms with Crippen LogP contribution in [0.2, 0.25) is 0 Å². The van der Waals surface area contributed by atoms with E-state index in [1.54, 1.807) is 0 Å². The molecule has 0 aliphatic heterocycles. The number of carbonyl (C=O) groups is 2. The third-order valence-corrected chi connectivity index (χ3v) is 4.38. The van der Waals surface area contributed by atoms with Crippen LogP contribution in [-0.4, -0.2) is 17.0 Å². The van der Waals surface area contributed by atoms with Gasteiger partial charge in [-0.3, -0.25) is 9.59 Å². The van der Waals surface area contributed by atoms with Crippen molar-refractivity contribution in [1.82, 2.24) is 5.32 Å². The molecule has 0 saturated heterocycles. The van der Waals surface area contributed by atoms with E-state index in [4.69, 9.17) is 5.11 Å². The second kappa shape index (κ2) is 7.53. The van der Waals surface area contributed by atoms with Gasteiger partial charge in [-0.1, -0.05) is 19.4 Å². The Morgan fingerprint density at radius 1 is 1.30 bits per heavy atom. The van der Waals surface area contributed by atoms with Crippen LogP contribution in [0.3, 0.4) is 0 Å². The lowest BCUT2D eigenvalue weighted by atomic mass is 9.99. The Morgan fingerprint density at radius 3 is 2.57 bits per heavy atom. The number of carboxylic acid groups (broad SMARTS) is 1. The number of rotatable bonds is 6. The summed E-state index contributed by atoms with van der Waals surface area (Å²) in [5, 5.41) is 11.8. The highest BCUT2D eigenvalue weighted by molar-refractivity contribution is 5.81. The molecule has 1 aromatic carbocycles. The predicted octanol–water partition coefficient (Wildman–Crippen LogP) is 3.42. The number of aliphatic carboxylic acids is 1. The smallest absolute Gasteiger partial charge is 0.306 e. The lowest BCUT2D eigenvalue weighted by molar-refractivity contribution is -0.141. The molecular formula is C17H21F2NO3. The molecule has 1 fully saturated rings. The molecule has 4 nitrogen and oxygen atoms in total. The molecule has 23 heavy (non-hydrogen) atoms. The number of hydrogen-bond donors (Lipinski definition) is 2. The molecular weight excluding hydrogens is 304 g/mol. The molecule has 3 atom stereocenters. The first kappa shape index (κ1) is 17.4. The highest BCUT2D eigenvalue weighted by Gasteiger charge is 2.34. The summed E-state index contributed by atoms with van der Waals surface area (Å²) in [6.07, 6.45) is 2.57. The van der Waals surface area contributed by atoms with Crippen LogP contribution in [0, 0.1) is 23.5 Å². The minimum absolute atomic E-state index is 0.254. The summed E-state index contributed by atoms with van der Waals surface area (Å²) in [4.78, 5) is 23.3. The van der Waals surface area contributed by atoms with Gasteiger partial charge in [0.1, 0.15) is 11.6 Å². The van der Waals surface area contributed by atoms with Gasteiger partial charge in [-0.25, -0.2) is 8.78 Å². The van der Waals surface area contributed by atoms with Gasteiger partial charge in [-0.15, -0.1) is 0 Å². The molecule has 0 radical (unpaired) electrons. The number of halogens is 2. The molecule has 0 spiro atoms. The number of hydrogen-bond acceptors (Lipinski definition) is 2. The summed E-state index contributed by atoms with van der Waals surface area (Å²) >= 11 is 0. The fourth-order valence-electron chi connectivity index (χ4n) is 3.11. The zero-order valence-electron chi connectivity index (χ0n) is 13.0. The fourth-order valence-corrected chi connectivity index (χ4v) is 3.11.